The van der Waals surface area contributed by atoms with Gasteiger partial charge >= 0.3 is 0 Å². The van der Waals surface area contributed by atoms with Gasteiger partial charge in [0.2, 0.25) is 0 Å². The van der Waals surface area contributed by atoms with E-state index >= 15 is 0 Å². The van der Waals surface area contributed by atoms with Gasteiger partial charge in [-0.15, -0.1) is 0 Å². The quantitative estimate of drug-likeness (QED) is 0.815. The Labute approximate surface area is 120 Å². The number of fused-ring (bicyclic) bond motifs is 1. The Balaban J connectivity index is 2.20. The Hall–Kier alpha value is -0.640. The first kappa shape index (κ1) is 12.4. The Bertz CT molecular complexity index is 577. The van der Waals surface area contributed by atoms with Gasteiger partial charge in [-0.3, -0.25) is 0 Å². The zero-order chi connectivity index (χ0) is 12.8. The smallest absolute Gasteiger partial charge is 0.0687 e. The second kappa shape index (κ2) is 4.48. The van der Waals surface area contributed by atoms with Gasteiger partial charge in [-0.2, -0.15) is 11.3 Å². The minimum atomic E-state index is -0.331. The number of hydrogen-bond donors (Lipinski definition) is 1. The number of halogens is 1. The van der Waals surface area contributed by atoms with Crippen LogP contribution in [0.5, 0.6) is 0 Å². The fraction of sp³-hybridized carbons (Fsp3) is 0.333. The Morgan fingerprint density at radius 3 is 2.78 bits per heavy atom. The van der Waals surface area contributed by atoms with Crippen LogP contribution in [0.3, 0.4) is 0 Å². The van der Waals surface area contributed by atoms with E-state index in [2.05, 4.69) is 57.9 Å². The van der Waals surface area contributed by atoms with Crippen molar-refractivity contribution in [2.24, 2.45) is 5.73 Å². The molecular weight excluding hydrogens is 306 g/mol. The molecule has 1 aliphatic rings. The van der Waals surface area contributed by atoms with Crippen molar-refractivity contribution in [3.05, 3.63) is 56.2 Å². The molecule has 2 aromatic rings. The summed E-state index contributed by atoms with van der Waals surface area (Å²) in [4.78, 5) is 0. The molecule has 0 saturated heterocycles. The molecule has 3 rings (SSSR count). The average molecular weight is 322 g/mol. The van der Waals surface area contributed by atoms with Crippen LogP contribution >= 0.6 is 27.3 Å². The maximum absolute atomic E-state index is 6.78. The van der Waals surface area contributed by atoms with Crippen LogP contribution in [0, 0.1) is 0 Å². The molecule has 1 heterocycles. The van der Waals surface area contributed by atoms with Gasteiger partial charge in [-0.25, -0.2) is 0 Å². The third-order valence-corrected chi connectivity index (χ3v) is 5.74. The number of hydrogen-bond acceptors (Lipinski definition) is 2. The molecule has 3 heteroatoms. The fourth-order valence-corrected chi connectivity index (χ4v) is 4.68. The van der Waals surface area contributed by atoms with E-state index < -0.39 is 0 Å². The molecule has 2 unspecified atom stereocenters. The van der Waals surface area contributed by atoms with Crippen molar-refractivity contribution < 1.29 is 0 Å². The maximum Gasteiger partial charge on any atom is 0.0687 e. The van der Waals surface area contributed by atoms with E-state index in [1.807, 2.05) is 0 Å². The van der Waals surface area contributed by atoms with Crippen LogP contribution in [-0.2, 0) is 5.54 Å². The summed E-state index contributed by atoms with van der Waals surface area (Å²) < 4.78 is 1.14. The molecule has 0 spiro atoms. The number of benzene rings is 1. The van der Waals surface area contributed by atoms with Gasteiger partial charge in [-0.1, -0.05) is 31.2 Å². The van der Waals surface area contributed by atoms with Crippen LogP contribution in [0.4, 0.5) is 0 Å². The van der Waals surface area contributed by atoms with E-state index in [-0.39, 0.29) is 5.54 Å². The van der Waals surface area contributed by atoms with Gasteiger partial charge in [0.05, 0.1) is 5.54 Å². The summed E-state index contributed by atoms with van der Waals surface area (Å²) in [7, 11) is 0. The largest absolute Gasteiger partial charge is 0.318 e. The minimum absolute atomic E-state index is 0.331. The van der Waals surface area contributed by atoms with Gasteiger partial charge in [0.25, 0.3) is 0 Å². The summed E-state index contributed by atoms with van der Waals surface area (Å²) in [5.74, 6) is 0.607. The van der Waals surface area contributed by atoms with Crippen molar-refractivity contribution in [2.45, 2.75) is 31.2 Å². The highest BCUT2D eigenvalue weighted by molar-refractivity contribution is 9.10. The molecule has 94 valence electrons. The molecule has 1 nitrogen and oxygen atoms in total. The molecule has 0 saturated carbocycles. The SMILES string of the molecule is CC1CCC(N)(c2cscc2Br)c2ccccc21. The topological polar surface area (TPSA) is 26.0 Å². The molecule has 1 aromatic heterocycles. The van der Waals surface area contributed by atoms with Gasteiger partial charge < -0.3 is 5.73 Å². The summed E-state index contributed by atoms with van der Waals surface area (Å²) in [6.07, 6.45) is 2.16. The van der Waals surface area contributed by atoms with Crippen LogP contribution in [-0.4, -0.2) is 0 Å². The Kier molecular flexibility index (Phi) is 3.08. The maximum atomic E-state index is 6.78. The molecule has 0 amide bonds. The van der Waals surface area contributed by atoms with E-state index in [0.29, 0.717) is 5.92 Å². The first-order valence-electron chi connectivity index (χ1n) is 6.23. The Morgan fingerprint density at radius 2 is 2.06 bits per heavy atom. The van der Waals surface area contributed by atoms with E-state index in [4.69, 9.17) is 5.73 Å². The highest BCUT2D eigenvalue weighted by Crippen LogP contribution is 2.46. The molecule has 2 atom stereocenters. The predicted octanol–water partition coefficient (Wildman–Crippen LogP) is 4.61. The first-order chi connectivity index (χ1) is 8.63. The summed E-state index contributed by atoms with van der Waals surface area (Å²) in [6.45, 7) is 2.29. The second-order valence-corrected chi connectivity index (χ2v) is 6.73. The van der Waals surface area contributed by atoms with Gasteiger partial charge in [0, 0.05) is 15.4 Å². The summed E-state index contributed by atoms with van der Waals surface area (Å²) >= 11 is 5.34. The van der Waals surface area contributed by atoms with Crippen LogP contribution in [0.15, 0.2) is 39.5 Å². The highest BCUT2D eigenvalue weighted by Gasteiger charge is 2.38. The number of nitrogens with two attached hydrogens (primary N) is 1. The first-order valence-corrected chi connectivity index (χ1v) is 7.97. The lowest BCUT2D eigenvalue weighted by Gasteiger charge is -2.38. The highest BCUT2D eigenvalue weighted by atomic mass is 79.9. The lowest BCUT2D eigenvalue weighted by molar-refractivity contribution is 0.411. The lowest BCUT2D eigenvalue weighted by Crippen LogP contribution is -2.41. The molecule has 0 radical (unpaired) electrons. The van der Waals surface area contributed by atoms with Crippen LogP contribution in [0.25, 0.3) is 0 Å². The molecule has 1 aromatic carbocycles. The minimum Gasteiger partial charge on any atom is -0.318 e. The summed E-state index contributed by atoms with van der Waals surface area (Å²) in [5, 5.41) is 4.29. The molecule has 0 fully saturated rings. The normalized spacial score (nSPS) is 26.9. The predicted molar refractivity (Wildman–Crippen MR) is 81.1 cm³/mol. The third-order valence-electron chi connectivity index (χ3n) is 4.04. The van der Waals surface area contributed by atoms with Crippen molar-refractivity contribution in [2.75, 3.05) is 0 Å². The zero-order valence-corrected chi connectivity index (χ0v) is 12.7. The van der Waals surface area contributed by atoms with Crippen LogP contribution in [0.1, 0.15) is 42.4 Å². The second-order valence-electron chi connectivity index (χ2n) is 5.13. The van der Waals surface area contributed by atoms with Gasteiger partial charge in [0.15, 0.2) is 0 Å². The van der Waals surface area contributed by atoms with Crippen molar-refractivity contribution in [3.63, 3.8) is 0 Å². The summed E-state index contributed by atoms with van der Waals surface area (Å²) in [6, 6.07) is 8.62. The monoisotopic (exact) mass is 321 g/mol. The average Bonchev–Trinajstić information content (AvgIpc) is 2.82. The van der Waals surface area contributed by atoms with Crippen molar-refractivity contribution >= 4 is 27.3 Å². The fourth-order valence-electron chi connectivity index (χ4n) is 2.95. The van der Waals surface area contributed by atoms with Gasteiger partial charge in [0.1, 0.15) is 0 Å². The third kappa shape index (κ3) is 1.77. The number of rotatable bonds is 1. The van der Waals surface area contributed by atoms with E-state index in [9.17, 15) is 0 Å². The van der Waals surface area contributed by atoms with E-state index in [0.717, 1.165) is 17.3 Å². The molecular formula is C15H16BrNS. The van der Waals surface area contributed by atoms with Crippen LogP contribution in [0.2, 0.25) is 0 Å². The molecule has 2 N–H and O–H groups in total. The van der Waals surface area contributed by atoms with E-state index in [1.165, 1.54) is 16.7 Å². The number of thiophene rings is 1. The molecule has 18 heavy (non-hydrogen) atoms. The lowest BCUT2D eigenvalue weighted by atomic mass is 9.70. The van der Waals surface area contributed by atoms with Gasteiger partial charge in [-0.05, 0) is 51.2 Å². The standard InChI is InChI=1S/C15H16BrNS/c1-10-6-7-15(17,13-8-18-9-14(13)16)12-5-3-2-4-11(10)12/h2-5,8-10H,6-7,17H2,1H3. The Morgan fingerprint density at radius 1 is 1.28 bits per heavy atom. The molecule has 0 aliphatic heterocycles. The van der Waals surface area contributed by atoms with Crippen molar-refractivity contribution in [3.8, 4) is 0 Å². The molecule has 0 bridgehead atoms. The zero-order valence-electron chi connectivity index (χ0n) is 10.3. The van der Waals surface area contributed by atoms with E-state index in [1.54, 1.807) is 11.3 Å². The van der Waals surface area contributed by atoms with Crippen molar-refractivity contribution in [1.29, 1.82) is 0 Å². The van der Waals surface area contributed by atoms with Crippen molar-refractivity contribution in [1.82, 2.24) is 0 Å². The molecule has 1 aliphatic carbocycles. The van der Waals surface area contributed by atoms with Crippen LogP contribution < -0.4 is 5.73 Å². The summed E-state index contributed by atoms with van der Waals surface area (Å²) in [5.41, 5.74) is 10.4.